The minimum absolute atomic E-state index is 0.166. The van der Waals surface area contributed by atoms with Gasteiger partial charge in [0.05, 0.1) is 0 Å². The highest BCUT2D eigenvalue weighted by Gasteiger charge is 2.31. The van der Waals surface area contributed by atoms with Crippen molar-refractivity contribution in [1.29, 1.82) is 0 Å². The molecule has 0 aromatic carbocycles. The molecule has 1 fully saturated rings. The second kappa shape index (κ2) is 5.70. The average molecular weight is 327 g/mol. The number of amides is 1. The smallest absolute Gasteiger partial charge is 0.271 e. The van der Waals surface area contributed by atoms with Gasteiger partial charge >= 0.3 is 0 Å². The lowest BCUT2D eigenvalue weighted by atomic mass is 9.97. The molecule has 1 aliphatic rings. The summed E-state index contributed by atoms with van der Waals surface area (Å²) in [5.41, 5.74) is 0.794. The molecule has 3 nitrogen and oxygen atoms in total. The fourth-order valence-electron chi connectivity index (χ4n) is 3.00. The largest absolute Gasteiger partial charge is 0.340 e. The zero-order valence-corrected chi connectivity index (χ0v) is 13.8. The molecule has 1 aliphatic heterocycles. The zero-order valence-electron chi connectivity index (χ0n) is 12.2. The minimum atomic E-state index is 0.166. The van der Waals surface area contributed by atoms with E-state index >= 15 is 0 Å². The van der Waals surface area contributed by atoms with E-state index in [4.69, 9.17) is 0 Å². The third-order valence-electron chi connectivity index (χ3n) is 4.02. The third-order valence-corrected chi connectivity index (χ3v) is 4.45. The summed E-state index contributed by atoms with van der Waals surface area (Å²) in [6.45, 7) is 8.52. The van der Waals surface area contributed by atoms with Gasteiger partial charge in [-0.2, -0.15) is 0 Å². The number of piperidine rings is 1. The summed E-state index contributed by atoms with van der Waals surface area (Å²) in [5, 5.41) is 0. The summed E-state index contributed by atoms with van der Waals surface area (Å²) in [6.07, 6.45) is 5.44. The maximum Gasteiger partial charge on any atom is 0.271 e. The van der Waals surface area contributed by atoms with Crippen LogP contribution in [0.25, 0.3) is 0 Å². The van der Waals surface area contributed by atoms with Crippen molar-refractivity contribution in [3.8, 4) is 0 Å². The van der Waals surface area contributed by atoms with Gasteiger partial charge in [0.25, 0.3) is 5.91 Å². The van der Waals surface area contributed by atoms with E-state index in [1.807, 2.05) is 12.3 Å². The maximum atomic E-state index is 12.8. The van der Waals surface area contributed by atoms with Crippen LogP contribution in [0.1, 0.15) is 63.5 Å². The van der Waals surface area contributed by atoms with E-state index in [1.165, 1.54) is 6.42 Å². The van der Waals surface area contributed by atoms with E-state index in [2.05, 4.69) is 53.1 Å². The topological polar surface area (TPSA) is 25.2 Å². The lowest BCUT2D eigenvalue weighted by Crippen LogP contribution is -2.48. The number of carbonyl (C=O) groups is 1. The Balaban J connectivity index is 2.33. The number of halogens is 1. The number of carbonyl (C=O) groups excluding carboxylic acids is 1. The molecular weight excluding hydrogens is 304 g/mol. The molecule has 2 heterocycles. The molecule has 2 atom stereocenters. The van der Waals surface area contributed by atoms with Crippen LogP contribution < -0.4 is 0 Å². The van der Waals surface area contributed by atoms with Crippen molar-refractivity contribution in [3.05, 3.63) is 22.4 Å². The van der Waals surface area contributed by atoms with E-state index in [1.54, 1.807) is 0 Å². The Morgan fingerprint density at radius 2 is 1.89 bits per heavy atom. The van der Waals surface area contributed by atoms with Gasteiger partial charge in [0.2, 0.25) is 0 Å². The van der Waals surface area contributed by atoms with Crippen molar-refractivity contribution in [2.24, 2.45) is 0 Å². The van der Waals surface area contributed by atoms with Crippen LogP contribution >= 0.6 is 15.9 Å². The van der Waals surface area contributed by atoms with Gasteiger partial charge in [-0.15, -0.1) is 0 Å². The van der Waals surface area contributed by atoms with Gasteiger partial charge in [0.1, 0.15) is 5.69 Å². The van der Waals surface area contributed by atoms with Crippen LogP contribution in [0.4, 0.5) is 0 Å². The first-order valence-electron chi connectivity index (χ1n) is 7.12. The van der Waals surface area contributed by atoms with Gasteiger partial charge in [-0.05, 0) is 69.0 Å². The van der Waals surface area contributed by atoms with Crippen LogP contribution in [-0.4, -0.2) is 27.5 Å². The molecule has 2 unspecified atom stereocenters. The van der Waals surface area contributed by atoms with Gasteiger partial charge in [0, 0.05) is 28.8 Å². The van der Waals surface area contributed by atoms with Crippen molar-refractivity contribution < 1.29 is 4.79 Å². The molecule has 106 valence electrons. The van der Waals surface area contributed by atoms with Gasteiger partial charge in [-0.3, -0.25) is 4.79 Å². The van der Waals surface area contributed by atoms with Gasteiger partial charge in [0.15, 0.2) is 0 Å². The molecule has 1 saturated heterocycles. The van der Waals surface area contributed by atoms with Crippen LogP contribution in [-0.2, 0) is 0 Å². The fraction of sp³-hybridized carbons (Fsp3) is 0.667. The summed E-state index contributed by atoms with van der Waals surface area (Å²) in [4.78, 5) is 14.9. The van der Waals surface area contributed by atoms with Crippen molar-refractivity contribution in [3.63, 3.8) is 0 Å². The van der Waals surface area contributed by atoms with Crippen LogP contribution in [0.2, 0.25) is 0 Å². The molecular formula is C15H23BrN2O. The predicted molar refractivity (Wildman–Crippen MR) is 81.5 cm³/mol. The predicted octanol–water partition coefficient (Wildman–Crippen LogP) is 4.23. The highest BCUT2D eigenvalue weighted by molar-refractivity contribution is 9.10. The highest BCUT2D eigenvalue weighted by atomic mass is 79.9. The molecule has 0 N–H and O–H groups in total. The first-order valence-corrected chi connectivity index (χ1v) is 7.91. The summed E-state index contributed by atoms with van der Waals surface area (Å²) in [7, 11) is 0. The highest BCUT2D eigenvalue weighted by Crippen LogP contribution is 2.27. The Bertz CT molecular complexity index is 457. The minimum Gasteiger partial charge on any atom is -0.340 e. The molecule has 0 bridgehead atoms. The van der Waals surface area contributed by atoms with Gasteiger partial charge in [-0.1, -0.05) is 0 Å². The second-order valence-electron chi connectivity index (χ2n) is 5.89. The summed E-state index contributed by atoms with van der Waals surface area (Å²) < 4.78 is 3.03. The number of likely N-dealkylation sites (tertiary alicyclic amines) is 1. The SMILES string of the molecule is CC1CCCC(C)N1C(=O)c1cc(Br)cn1C(C)C. The Hall–Kier alpha value is -0.770. The van der Waals surface area contributed by atoms with Crippen LogP contribution in [0.5, 0.6) is 0 Å². The number of nitrogens with zero attached hydrogens (tertiary/aromatic N) is 2. The molecule has 0 aliphatic carbocycles. The average Bonchev–Trinajstić information content (AvgIpc) is 2.71. The Labute approximate surface area is 124 Å². The fourth-order valence-corrected chi connectivity index (χ4v) is 3.44. The van der Waals surface area contributed by atoms with Crippen LogP contribution in [0.3, 0.4) is 0 Å². The Kier molecular flexibility index (Phi) is 4.39. The molecule has 0 radical (unpaired) electrons. The maximum absolute atomic E-state index is 12.8. The monoisotopic (exact) mass is 326 g/mol. The first-order chi connectivity index (χ1) is 8.91. The zero-order chi connectivity index (χ0) is 14.2. The quantitative estimate of drug-likeness (QED) is 0.798. The van der Waals surface area contributed by atoms with Crippen LogP contribution in [0.15, 0.2) is 16.7 Å². The van der Waals surface area contributed by atoms with E-state index in [9.17, 15) is 4.79 Å². The van der Waals surface area contributed by atoms with Crippen molar-refractivity contribution in [2.45, 2.75) is 65.1 Å². The molecule has 1 aromatic rings. The molecule has 4 heteroatoms. The molecule has 0 saturated carbocycles. The van der Waals surface area contributed by atoms with Gasteiger partial charge < -0.3 is 9.47 Å². The van der Waals surface area contributed by atoms with Crippen molar-refractivity contribution >= 4 is 21.8 Å². The summed E-state index contributed by atoms with van der Waals surface area (Å²) in [5.74, 6) is 0.166. The number of hydrogen-bond acceptors (Lipinski definition) is 1. The van der Waals surface area contributed by atoms with Crippen LogP contribution in [0, 0.1) is 0 Å². The van der Waals surface area contributed by atoms with E-state index in [0.717, 1.165) is 23.0 Å². The van der Waals surface area contributed by atoms with Gasteiger partial charge in [-0.25, -0.2) is 0 Å². The normalized spacial score (nSPS) is 24.0. The van der Waals surface area contributed by atoms with E-state index < -0.39 is 0 Å². The second-order valence-corrected chi connectivity index (χ2v) is 6.80. The van der Waals surface area contributed by atoms with Crippen molar-refractivity contribution in [1.82, 2.24) is 9.47 Å². The molecule has 2 rings (SSSR count). The summed E-state index contributed by atoms with van der Waals surface area (Å²) in [6, 6.07) is 2.91. The molecule has 0 spiro atoms. The van der Waals surface area contributed by atoms with E-state index in [-0.39, 0.29) is 5.91 Å². The standard InChI is InChI=1S/C15H23BrN2O/c1-10(2)17-9-13(16)8-14(17)15(19)18-11(3)6-5-7-12(18)4/h8-12H,5-7H2,1-4H3. The third kappa shape index (κ3) is 2.88. The molecule has 19 heavy (non-hydrogen) atoms. The number of rotatable bonds is 2. The van der Waals surface area contributed by atoms with Crippen molar-refractivity contribution in [2.75, 3.05) is 0 Å². The summed E-state index contributed by atoms with van der Waals surface area (Å²) >= 11 is 3.48. The first kappa shape index (κ1) is 14.6. The lowest BCUT2D eigenvalue weighted by Gasteiger charge is -2.39. The number of hydrogen-bond donors (Lipinski definition) is 0. The lowest BCUT2D eigenvalue weighted by molar-refractivity contribution is 0.0498. The molecule has 1 aromatic heterocycles. The Morgan fingerprint density at radius 1 is 1.32 bits per heavy atom. The van der Waals surface area contributed by atoms with E-state index in [0.29, 0.717) is 18.1 Å². The molecule has 1 amide bonds. The number of aromatic nitrogens is 1. The Morgan fingerprint density at radius 3 is 2.42 bits per heavy atom.